The van der Waals surface area contributed by atoms with Crippen LogP contribution in [0.3, 0.4) is 0 Å². The highest BCUT2D eigenvalue weighted by atomic mass is 19.1. The quantitative estimate of drug-likeness (QED) is 0.710. The minimum Gasteiger partial charge on any atom is -0.326 e. The predicted octanol–water partition coefficient (Wildman–Crippen LogP) is 1.40. The first kappa shape index (κ1) is 10.9. The van der Waals surface area contributed by atoms with Gasteiger partial charge in [0.25, 0.3) is 0 Å². The molecule has 0 bridgehead atoms. The van der Waals surface area contributed by atoms with E-state index in [0.29, 0.717) is 13.0 Å². The maximum absolute atomic E-state index is 12.8. The largest absolute Gasteiger partial charge is 0.326 e. The molecule has 1 aliphatic rings. The summed E-state index contributed by atoms with van der Waals surface area (Å²) in [5.41, 5.74) is 6.13. The average molecular weight is 188 g/mol. The summed E-state index contributed by atoms with van der Waals surface area (Å²) >= 11 is 0. The van der Waals surface area contributed by atoms with Crippen molar-refractivity contribution >= 4 is 0 Å². The molecule has 2 atom stereocenters. The summed E-state index contributed by atoms with van der Waals surface area (Å²) in [7, 11) is 0. The van der Waals surface area contributed by atoms with Gasteiger partial charge >= 0.3 is 0 Å². The number of alkyl halides is 1. The van der Waals surface area contributed by atoms with E-state index in [-0.39, 0.29) is 11.5 Å². The van der Waals surface area contributed by atoms with Crippen LogP contribution in [0.4, 0.5) is 4.39 Å². The lowest BCUT2D eigenvalue weighted by Gasteiger charge is -2.30. The number of nitrogens with zero attached hydrogens (tertiary/aromatic N) is 1. The molecule has 13 heavy (non-hydrogen) atoms. The van der Waals surface area contributed by atoms with E-state index >= 15 is 0 Å². The Morgan fingerprint density at radius 1 is 1.54 bits per heavy atom. The number of likely N-dealkylation sites (tertiary alicyclic amines) is 1. The summed E-state index contributed by atoms with van der Waals surface area (Å²) in [6.45, 7) is 8.64. The monoisotopic (exact) mass is 188 g/mol. The summed E-state index contributed by atoms with van der Waals surface area (Å²) in [5, 5.41) is 0. The Labute approximate surface area is 80.3 Å². The van der Waals surface area contributed by atoms with E-state index in [9.17, 15) is 4.39 Å². The summed E-state index contributed by atoms with van der Waals surface area (Å²) in [6, 6.07) is 0.137. The number of hydrogen-bond acceptors (Lipinski definition) is 2. The summed E-state index contributed by atoms with van der Waals surface area (Å²) in [6.07, 6.45) is 0.0452. The SMILES string of the molecule is CC(C)(C)[C@H](N)CN1CCC(F)C1. The number of rotatable bonds is 2. The normalized spacial score (nSPS) is 27.9. The van der Waals surface area contributed by atoms with Gasteiger partial charge in [-0.3, -0.25) is 4.90 Å². The third kappa shape index (κ3) is 3.24. The Morgan fingerprint density at radius 3 is 2.54 bits per heavy atom. The molecule has 3 heteroatoms. The molecule has 1 aliphatic heterocycles. The van der Waals surface area contributed by atoms with Crippen molar-refractivity contribution in [3.8, 4) is 0 Å². The van der Waals surface area contributed by atoms with Gasteiger partial charge < -0.3 is 5.73 Å². The zero-order valence-electron chi connectivity index (χ0n) is 8.89. The Hall–Kier alpha value is -0.150. The van der Waals surface area contributed by atoms with E-state index in [1.807, 2.05) is 0 Å². The lowest BCUT2D eigenvalue weighted by atomic mass is 9.87. The molecule has 0 radical (unpaired) electrons. The van der Waals surface area contributed by atoms with Crippen LogP contribution in [-0.4, -0.2) is 36.7 Å². The fraction of sp³-hybridized carbons (Fsp3) is 1.00. The highest BCUT2D eigenvalue weighted by molar-refractivity contribution is 4.84. The van der Waals surface area contributed by atoms with Gasteiger partial charge in [0.05, 0.1) is 0 Å². The fourth-order valence-corrected chi connectivity index (χ4v) is 1.50. The second-order valence-electron chi connectivity index (χ2n) is 5.12. The van der Waals surface area contributed by atoms with E-state index in [1.54, 1.807) is 0 Å². The zero-order valence-corrected chi connectivity index (χ0v) is 8.89. The molecule has 1 rings (SSSR count). The summed E-state index contributed by atoms with van der Waals surface area (Å²) in [4.78, 5) is 2.13. The molecule has 0 aromatic rings. The van der Waals surface area contributed by atoms with Crippen LogP contribution in [-0.2, 0) is 0 Å². The third-order valence-corrected chi connectivity index (χ3v) is 2.78. The predicted molar refractivity (Wildman–Crippen MR) is 53.4 cm³/mol. The molecule has 1 unspecified atom stereocenters. The molecule has 1 fully saturated rings. The van der Waals surface area contributed by atoms with Crippen LogP contribution in [0.1, 0.15) is 27.2 Å². The van der Waals surface area contributed by atoms with Crippen LogP contribution in [0, 0.1) is 5.41 Å². The molecule has 0 amide bonds. The van der Waals surface area contributed by atoms with Crippen molar-refractivity contribution < 1.29 is 4.39 Å². The van der Waals surface area contributed by atoms with Crippen LogP contribution in [0.15, 0.2) is 0 Å². The molecular formula is C10H21FN2. The maximum Gasteiger partial charge on any atom is 0.114 e. The summed E-state index contributed by atoms with van der Waals surface area (Å²) < 4.78 is 12.8. The van der Waals surface area contributed by atoms with E-state index in [2.05, 4.69) is 25.7 Å². The van der Waals surface area contributed by atoms with E-state index in [4.69, 9.17) is 5.73 Å². The van der Waals surface area contributed by atoms with Gasteiger partial charge in [-0.2, -0.15) is 0 Å². The van der Waals surface area contributed by atoms with Crippen molar-refractivity contribution in [1.82, 2.24) is 4.90 Å². The molecular weight excluding hydrogens is 167 g/mol. The van der Waals surface area contributed by atoms with E-state index in [0.717, 1.165) is 13.1 Å². The standard InChI is InChI=1S/C10H21FN2/c1-10(2,3)9(12)7-13-5-4-8(11)6-13/h8-9H,4-7,12H2,1-3H3/t8?,9-/m1/s1. The van der Waals surface area contributed by atoms with Gasteiger partial charge in [0.15, 0.2) is 0 Å². The highest BCUT2D eigenvalue weighted by Gasteiger charge is 2.27. The van der Waals surface area contributed by atoms with Crippen LogP contribution in [0.2, 0.25) is 0 Å². The Morgan fingerprint density at radius 2 is 2.15 bits per heavy atom. The Balaban J connectivity index is 2.33. The number of nitrogens with two attached hydrogens (primary N) is 1. The van der Waals surface area contributed by atoms with Crippen LogP contribution >= 0.6 is 0 Å². The van der Waals surface area contributed by atoms with Crippen LogP contribution in [0.5, 0.6) is 0 Å². The van der Waals surface area contributed by atoms with Gasteiger partial charge in [-0.25, -0.2) is 4.39 Å². The molecule has 2 N–H and O–H groups in total. The molecule has 1 heterocycles. The Kier molecular flexibility index (Phi) is 3.30. The minimum atomic E-state index is -0.632. The van der Waals surface area contributed by atoms with Crippen LogP contribution in [0.25, 0.3) is 0 Å². The van der Waals surface area contributed by atoms with Crippen molar-refractivity contribution in [2.75, 3.05) is 19.6 Å². The molecule has 0 aromatic heterocycles. The van der Waals surface area contributed by atoms with E-state index in [1.165, 1.54) is 0 Å². The molecule has 0 aromatic carbocycles. The average Bonchev–Trinajstić information content (AvgIpc) is 2.33. The van der Waals surface area contributed by atoms with E-state index < -0.39 is 6.17 Å². The first-order chi connectivity index (χ1) is 5.89. The lowest BCUT2D eigenvalue weighted by Crippen LogP contribution is -2.44. The lowest BCUT2D eigenvalue weighted by molar-refractivity contribution is 0.215. The van der Waals surface area contributed by atoms with Gasteiger partial charge in [0.2, 0.25) is 0 Å². The minimum absolute atomic E-state index is 0.119. The second-order valence-corrected chi connectivity index (χ2v) is 5.12. The van der Waals surface area contributed by atoms with Crippen molar-refractivity contribution in [3.05, 3.63) is 0 Å². The molecule has 2 nitrogen and oxygen atoms in total. The molecule has 0 saturated carbocycles. The van der Waals surface area contributed by atoms with Gasteiger partial charge in [-0.05, 0) is 11.8 Å². The topological polar surface area (TPSA) is 29.3 Å². The van der Waals surface area contributed by atoms with Gasteiger partial charge in [-0.15, -0.1) is 0 Å². The smallest absolute Gasteiger partial charge is 0.114 e. The molecule has 0 spiro atoms. The first-order valence-corrected chi connectivity index (χ1v) is 5.01. The number of hydrogen-bond donors (Lipinski definition) is 1. The van der Waals surface area contributed by atoms with Crippen molar-refractivity contribution in [1.29, 1.82) is 0 Å². The Bertz CT molecular complexity index is 165. The molecule has 0 aliphatic carbocycles. The zero-order chi connectivity index (χ0) is 10.1. The third-order valence-electron chi connectivity index (χ3n) is 2.78. The van der Waals surface area contributed by atoms with Crippen molar-refractivity contribution in [3.63, 3.8) is 0 Å². The van der Waals surface area contributed by atoms with Gasteiger partial charge in [0.1, 0.15) is 6.17 Å². The highest BCUT2D eigenvalue weighted by Crippen LogP contribution is 2.20. The maximum atomic E-state index is 12.8. The first-order valence-electron chi connectivity index (χ1n) is 5.01. The summed E-state index contributed by atoms with van der Waals surface area (Å²) in [5.74, 6) is 0. The molecule has 78 valence electrons. The number of halogens is 1. The van der Waals surface area contributed by atoms with Crippen molar-refractivity contribution in [2.24, 2.45) is 11.1 Å². The molecule has 1 saturated heterocycles. The van der Waals surface area contributed by atoms with Gasteiger partial charge in [-0.1, -0.05) is 20.8 Å². The van der Waals surface area contributed by atoms with Gasteiger partial charge in [0, 0.05) is 25.7 Å². The van der Waals surface area contributed by atoms with Crippen LogP contribution < -0.4 is 5.73 Å². The second kappa shape index (κ2) is 3.93. The fourth-order valence-electron chi connectivity index (χ4n) is 1.50. The van der Waals surface area contributed by atoms with Crippen molar-refractivity contribution in [2.45, 2.75) is 39.4 Å².